The van der Waals surface area contributed by atoms with Crippen LogP contribution in [0.3, 0.4) is 0 Å². The number of amides is 1. The number of carbonyl (C=O) groups excluding carboxylic acids is 2. The maximum absolute atomic E-state index is 12.4. The summed E-state index contributed by atoms with van der Waals surface area (Å²) in [5.74, 6) is -0.636. The summed E-state index contributed by atoms with van der Waals surface area (Å²) < 4.78 is 5.14. The number of anilines is 1. The van der Waals surface area contributed by atoms with Crippen LogP contribution >= 0.6 is 0 Å². The van der Waals surface area contributed by atoms with E-state index < -0.39 is 16.6 Å². The quantitative estimate of drug-likeness (QED) is 0.411. The number of piperazine rings is 1. The molecule has 0 spiro atoms. The average Bonchev–Trinajstić information content (AvgIpc) is 3.30. The Kier molecular flexibility index (Phi) is 5.62. The van der Waals surface area contributed by atoms with Gasteiger partial charge in [-0.3, -0.25) is 24.6 Å². The van der Waals surface area contributed by atoms with Gasteiger partial charge in [-0.1, -0.05) is 11.6 Å². The number of furan rings is 1. The van der Waals surface area contributed by atoms with Crippen molar-refractivity contribution in [1.29, 1.82) is 0 Å². The van der Waals surface area contributed by atoms with Gasteiger partial charge in [-0.25, -0.2) is 10.4 Å². The molecule has 10 nitrogen and oxygen atoms in total. The summed E-state index contributed by atoms with van der Waals surface area (Å²) in [5, 5.41) is 12.7. The van der Waals surface area contributed by atoms with Crippen molar-refractivity contribution < 1.29 is 18.9 Å². The van der Waals surface area contributed by atoms with Crippen LogP contribution in [0.1, 0.15) is 21.7 Å². The van der Waals surface area contributed by atoms with Crippen LogP contribution in [0, 0.1) is 17.0 Å². The molecule has 0 aliphatic carbocycles. The molecule has 0 unspecified atom stereocenters. The van der Waals surface area contributed by atoms with E-state index in [4.69, 9.17) is 4.42 Å². The van der Waals surface area contributed by atoms with Crippen molar-refractivity contribution in [2.45, 2.75) is 13.5 Å². The fourth-order valence-electron chi connectivity index (χ4n) is 3.76. The lowest BCUT2D eigenvalue weighted by atomic mass is 10.1. The fourth-order valence-corrected chi connectivity index (χ4v) is 3.76. The van der Waals surface area contributed by atoms with E-state index in [0.29, 0.717) is 36.6 Å². The molecular formula is C20H23N5O5. The zero-order valence-electron chi connectivity index (χ0n) is 16.7. The monoisotopic (exact) mass is 413 g/mol. The Bertz CT molecular complexity index is 980. The smallest absolute Gasteiger partial charge is 0.404 e. The number of benzene rings is 1. The Morgan fingerprint density at radius 2 is 1.87 bits per heavy atom. The summed E-state index contributed by atoms with van der Waals surface area (Å²) in [6.07, 6.45) is 0. The van der Waals surface area contributed by atoms with E-state index in [-0.39, 0.29) is 5.88 Å². The van der Waals surface area contributed by atoms with E-state index in [0.717, 1.165) is 31.7 Å². The Labute approximate surface area is 173 Å². The summed E-state index contributed by atoms with van der Waals surface area (Å²) in [7, 11) is 0. The van der Waals surface area contributed by atoms with E-state index in [2.05, 4.69) is 10.3 Å². The largest absolute Gasteiger partial charge is 0.433 e. The second kappa shape index (κ2) is 8.34. The molecule has 1 aromatic heterocycles. The topological polar surface area (TPSA) is 112 Å². The lowest BCUT2D eigenvalue weighted by Gasteiger charge is -2.35. The van der Waals surface area contributed by atoms with Crippen LogP contribution in [-0.4, -0.2) is 65.8 Å². The highest BCUT2D eigenvalue weighted by Gasteiger charge is 2.35. The Morgan fingerprint density at radius 1 is 1.10 bits per heavy atom. The van der Waals surface area contributed by atoms with E-state index in [1.807, 2.05) is 24.1 Å². The summed E-state index contributed by atoms with van der Waals surface area (Å²) in [5.41, 5.74) is 5.37. The number of carbonyl (C=O) groups is 2. The van der Waals surface area contributed by atoms with Gasteiger partial charge in [0, 0.05) is 39.3 Å². The third kappa shape index (κ3) is 4.11. The number of nitrogens with zero attached hydrogens (tertiary/aromatic N) is 4. The first-order valence-corrected chi connectivity index (χ1v) is 9.83. The minimum Gasteiger partial charge on any atom is -0.404 e. The van der Waals surface area contributed by atoms with Crippen molar-refractivity contribution in [1.82, 2.24) is 15.3 Å². The molecule has 0 atom stereocenters. The molecule has 1 aromatic carbocycles. The minimum absolute atomic E-state index is 0.261. The van der Waals surface area contributed by atoms with Gasteiger partial charge in [0.05, 0.1) is 23.9 Å². The second-order valence-electron chi connectivity index (χ2n) is 7.47. The van der Waals surface area contributed by atoms with Crippen LogP contribution in [0.15, 0.2) is 34.7 Å². The molecular weight excluding hydrogens is 390 g/mol. The van der Waals surface area contributed by atoms with E-state index in [1.165, 1.54) is 6.07 Å². The molecule has 2 aromatic rings. The van der Waals surface area contributed by atoms with E-state index in [1.54, 1.807) is 17.0 Å². The first kappa shape index (κ1) is 20.2. The van der Waals surface area contributed by atoms with Crippen LogP contribution in [-0.2, 0) is 11.3 Å². The van der Waals surface area contributed by atoms with Gasteiger partial charge < -0.3 is 9.32 Å². The molecule has 1 amide bonds. The number of nitro groups is 1. The number of Topliss-reactive ketones (excluding diaryl/α,β-unsaturated/α-hetero) is 1. The minimum atomic E-state index is -0.555. The van der Waals surface area contributed by atoms with Gasteiger partial charge >= 0.3 is 5.88 Å². The molecule has 4 rings (SSSR count). The highest BCUT2D eigenvalue weighted by Crippen LogP contribution is 2.29. The van der Waals surface area contributed by atoms with Gasteiger partial charge in [0.25, 0.3) is 11.7 Å². The summed E-state index contributed by atoms with van der Waals surface area (Å²) in [6.45, 7) is 6.60. The number of ketones is 1. The lowest BCUT2D eigenvalue weighted by molar-refractivity contribution is -0.402. The van der Waals surface area contributed by atoms with Gasteiger partial charge in [0.1, 0.15) is 10.7 Å². The van der Waals surface area contributed by atoms with Crippen molar-refractivity contribution in [2.24, 2.45) is 0 Å². The van der Waals surface area contributed by atoms with Crippen LogP contribution in [0.2, 0.25) is 0 Å². The molecule has 158 valence electrons. The first-order chi connectivity index (χ1) is 14.4. The van der Waals surface area contributed by atoms with Crippen LogP contribution in [0.4, 0.5) is 11.6 Å². The molecule has 2 aliphatic heterocycles. The van der Waals surface area contributed by atoms with Gasteiger partial charge in [-0.15, -0.1) is 0 Å². The summed E-state index contributed by atoms with van der Waals surface area (Å²) >= 11 is 0. The molecule has 0 saturated carbocycles. The second-order valence-corrected chi connectivity index (χ2v) is 7.47. The van der Waals surface area contributed by atoms with Crippen LogP contribution in [0.5, 0.6) is 0 Å². The zero-order chi connectivity index (χ0) is 21.3. The van der Waals surface area contributed by atoms with Gasteiger partial charge in [-0.05, 0) is 25.1 Å². The number of aryl methyl sites for hydroxylation is 1. The van der Waals surface area contributed by atoms with Crippen molar-refractivity contribution in [2.75, 3.05) is 44.2 Å². The average molecular weight is 413 g/mol. The highest BCUT2D eigenvalue weighted by atomic mass is 16.6. The molecule has 2 aliphatic rings. The molecule has 10 heteroatoms. The summed E-state index contributed by atoms with van der Waals surface area (Å²) in [6, 6.07) is 8.46. The normalized spacial score (nSPS) is 17.6. The number of rotatable bonds is 7. The third-order valence-corrected chi connectivity index (χ3v) is 5.44. The number of fused-ring (bicyclic) bond motifs is 1. The van der Waals surface area contributed by atoms with Gasteiger partial charge in [0.15, 0.2) is 0 Å². The Morgan fingerprint density at radius 3 is 2.57 bits per heavy atom. The molecule has 3 heterocycles. The van der Waals surface area contributed by atoms with Gasteiger partial charge in [-0.2, -0.15) is 0 Å². The molecule has 30 heavy (non-hydrogen) atoms. The van der Waals surface area contributed by atoms with Crippen molar-refractivity contribution >= 4 is 23.3 Å². The number of hydrogen-bond acceptors (Lipinski definition) is 8. The highest BCUT2D eigenvalue weighted by molar-refractivity contribution is 6.52. The molecule has 1 saturated heterocycles. The Balaban J connectivity index is 1.24. The van der Waals surface area contributed by atoms with Crippen molar-refractivity contribution in [3.8, 4) is 0 Å². The van der Waals surface area contributed by atoms with Crippen LogP contribution in [0.25, 0.3) is 0 Å². The molecule has 1 N–H and O–H groups in total. The van der Waals surface area contributed by atoms with Crippen LogP contribution < -0.4 is 10.3 Å². The van der Waals surface area contributed by atoms with E-state index in [9.17, 15) is 19.7 Å². The van der Waals surface area contributed by atoms with E-state index >= 15 is 0 Å². The number of nitrogens with one attached hydrogen (secondary N) is 1. The predicted molar refractivity (Wildman–Crippen MR) is 108 cm³/mol. The molecule has 1 fully saturated rings. The maximum Gasteiger partial charge on any atom is 0.433 e. The SMILES string of the molecule is Cc1ccc2c(c1)C(=O)C(=O)N2CCN1CCN(NCc2ccc([N+](=O)[O-])o2)CC1. The maximum atomic E-state index is 12.4. The third-order valence-electron chi connectivity index (χ3n) is 5.44. The summed E-state index contributed by atoms with van der Waals surface area (Å²) in [4.78, 5) is 38.5. The fraction of sp³-hybridized carbons (Fsp3) is 0.400. The molecule has 0 bridgehead atoms. The lowest BCUT2D eigenvalue weighted by Crippen LogP contribution is -2.53. The van der Waals surface area contributed by atoms with Gasteiger partial charge in [0.2, 0.25) is 0 Å². The standard InChI is InChI=1S/C20H23N5O5/c1-14-2-4-17-16(12-14)19(26)20(27)24(17)11-8-22-6-9-23(10-7-22)21-13-15-3-5-18(30-15)25(28)29/h2-5,12,21H,6-11,13H2,1H3. The zero-order valence-corrected chi connectivity index (χ0v) is 16.7. The number of hydrazine groups is 1. The Hall–Kier alpha value is -3.08. The first-order valence-electron chi connectivity index (χ1n) is 9.83. The van der Waals surface area contributed by atoms with Crippen molar-refractivity contribution in [3.05, 3.63) is 57.3 Å². The number of hydrogen-bond donors (Lipinski definition) is 1. The molecule has 0 radical (unpaired) electrons. The predicted octanol–water partition coefficient (Wildman–Crippen LogP) is 1.35. The van der Waals surface area contributed by atoms with Crippen molar-refractivity contribution in [3.63, 3.8) is 0 Å².